The molecule has 4 rings (SSSR count). The van der Waals surface area contributed by atoms with Crippen molar-refractivity contribution in [1.29, 1.82) is 0 Å². The Morgan fingerprint density at radius 2 is 1.74 bits per heavy atom. The maximum absolute atomic E-state index is 12.6. The number of carbonyl (C=O) groups excluding carboxylic acids is 1. The fourth-order valence-corrected chi connectivity index (χ4v) is 6.22. The Morgan fingerprint density at radius 1 is 1.05 bits per heavy atom. The molecule has 10 nitrogen and oxygen atoms in total. The zero-order valence-corrected chi connectivity index (χ0v) is 26.1. The Morgan fingerprint density at radius 3 is 2.38 bits per heavy atom. The van der Waals surface area contributed by atoms with Crippen molar-refractivity contribution in [3.63, 3.8) is 0 Å². The number of phenols is 1. The molecule has 0 saturated carbocycles. The summed E-state index contributed by atoms with van der Waals surface area (Å²) in [6.45, 7) is 0. The molecule has 39 heavy (non-hydrogen) atoms. The number of nitrogens with one attached hydrogen (secondary N) is 1. The first kappa shape index (κ1) is 28.9. The van der Waals surface area contributed by atoms with Crippen LogP contribution in [0.25, 0.3) is 17.1 Å². The second-order valence-electron chi connectivity index (χ2n) is 7.80. The molecular formula is C26H23I2N5O5S. The van der Waals surface area contributed by atoms with Gasteiger partial charge in [-0.1, -0.05) is 30.0 Å². The highest BCUT2D eigenvalue weighted by atomic mass is 127. The molecule has 0 spiro atoms. The van der Waals surface area contributed by atoms with E-state index in [-0.39, 0.29) is 17.4 Å². The summed E-state index contributed by atoms with van der Waals surface area (Å²) in [6.07, 6.45) is 1.41. The number of hydrazone groups is 1. The van der Waals surface area contributed by atoms with Gasteiger partial charge in [0.1, 0.15) is 5.75 Å². The van der Waals surface area contributed by atoms with Crippen molar-refractivity contribution in [3.05, 3.63) is 67.3 Å². The Bertz CT molecular complexity index is 1490. The maximum Gasteiger partial charge on any atom is 0.250 e. The number of benzene rings is 3. The number of phenolic OH excluding ortho intramolecular Hbond substituents is 1. The maximum atomic E-state index is 12.6. The number of rotatable bonds is 10. The summed E-state index contributed by atoms with van der Waals surface area (Å²) in [4.78, 5) is 12.6. The van der Waals surface area contributed by atoms with Crippen molar-refractivity contribution in [3.8, 4) is 40.1 Å². The number of aromatic nitrogens is 3. The summed E-state index contributed by atoms with van der Waals surface area (Å²) in [5.74, 6) is 1.77. The van der Waals surface area contributed by atoms with Crippen LogP contribution in [0.15, 0.2) is 64.9 Å². The summed E-state index contributed by atoms with van der Waals surface area (Å²) in [6, 6.07) is 16.8. The van der Waals surface area contributed by atoms with E-state index in [9.17, 15) is 9.90 Å². The molecule has 1 heterocycles. The number of hydrogen-bond acceptors (Lipinski definition) is 9. The molecule has 0 atom stereocenters. The van der Waals surface area contributed by atoms with E-state index in [2.05, 4.69) is 43.3 Å². The largest absolute Gasteiger partial charge is 0.506 e. The summed E-state index contributed by atoms with van der Waals surface area (Å²) in [5, 5.41) is 23.5. The summed E-state index contributed by atoms with van der Waals surface area (Å²) < 4.78 is 20.0. The Labute approximate surface area is 256 Å². The van der Waals surface area contributed by atoms with Gasteiger partial charge in [0, 0.05) is 20.4 Å². The number of para-hydroxylation sites is 1. The zero-order valence-electron chi connectivity index (χ0n) is 21.0. The first-order valence-corrected chi connectivity index (χ1v) is 14.4. The van der Waals surface area contributed by atoms with Gasteiger partial charge in [0.25, 0.3) is 5.91 Å². The standard InChI is InChI=1S/C26H23I2N5O5S/c1-36-20-10-15(11-21(37-2)24(20)38-3)25-31-32-26(33(25)18-7-5-4-6-8-18)39-14-22(34)30-29-13-16-9-17(27)12-19(28)23(16)35/h4-13,35H,14H2,1-3H3,(H,30,34). The SMILES string of the molecule is COc1cc(-c2nnc(SCC(=O)NN=Cc3cc(I)cc(I)c3O)n2-c2ccccc2)cc(OC)c1OC. The quantitative estimate of drug-likeness (QED) is 0.0989. The van der Waals surface area contributed by atoms with Crippen LogP contribution < -0.4 is 19.6 Å². The van der Waals surface area contributed by atoms with Crippen LogP contribution >= 0.6 is 56.9 Å². The molecule has 0 aliphatic rings. The lowest BCUT2D eigenvalue weighted by atomic mass is 10.1. The van der Waals surface area contributed by atoms with Crippen LogP contribution in [-0.2, 0) is 4.79 Å². The van der Waals surface area contributed by atoms with E-state index in [0.717, 1.165) is 9.26 Å². The lowest BCUT2D eigenvalue weighted by Crippen LogP contribution is -2.20. The minimum absolute atomic E-state index is 0.0351. The highest BCUT2D eigenvalue weighted by Crippen LogP contribution is 2.41. The van der Waals surface area contributed by atoms with E-state index in [4.69, 9.17) is 14.2 Å². The van der Waals surface area contributed by atoms with Crippen molar-refractivity contribution in [2.24, 2.45) is 5.10 Å². The van der Waals surface area contributed by atoms with Gasteiger partial charge in [-0.3, -0.25) is 9.36 Å². The van der Waals surface area contributed by atoms with Gasteiger partial charge in [-0.15, -0.1) is 10.2 Å². The fourth-order valence-electron chi connectivity index (χ4n) is 3.59. The number of amides is 1. The van der Waals surface area contributed by atoms with Crippen molar-refractivity contribution in [2.45, 2.75) is 5.16 Å². The first-order chi connectivity index (χ1) is 18.9. The number of thioether (sulfide) groups is 1. The molecule has 1 aromatic heterocycles. The molecule has 0 unspecified atom stereocenters. The minimum atomic E-state index is -0.340. The van der Waals surface area contributed by atoms with Crippen LogP contribution in [0.4, 0.5) is 0 Å². The molecule has 1 amide bonds. The highest BCUT2D eigenvalue weighted by molar-refractivity contribution is 14.1. The van der Waals surface area contributed by atoms with Gasteiger partial charge in [0.05, 0.1) is 36.9 Å². The molecule has 0 bridgehead atoms. The Kier molecular flexibility index (Phi) is 9.90. The van der Waals surface area contributed by atoms with Gasteiger partial charge in [-0.25, -0.2) is 5.43 Å². The molecule has 13 heteroatoms. The third-order valence-corrected chi connectivity index (χ3v) is 7.73. The van der Waals surface area contributed by atoms with Crippen LogP contribution in [0.1, 0.15) is 5.56 Å². The molecule has 0 fully saturated rings. The van der Waals surface area contributed by atoms with Gasteiger partial charge in [0.2, 0.25) is 5.75 Å². The normalized spacial score (nSPS) is 11.0. The van der Waals surface area contributed by atoms with Gasteiger partial charge < -0.3 is 19.3 Å². The smallest absolute Gasteiger partial charge is 0.250 e. The third kappa shape index (κ3) is 6.75. The van der Waals surface area contributed by atoms with Crippen LogP contribution in [0.5, 0.6) is 23.0 Å². The second kappa shape index (κ2) is 13.3. The fraction of sp³-hybridized carbons (Fsp3) is 0.154. The van der Waals surface area contributed by atoms with E-state index in [1.54, 1.807) is 39.5 Å². The highest BCUT2D eigenvalue weighted by Gasteiger charge is 2.21. The number of methoxy groups -OCH3 is 3. The molecule has 0 aliphatic carbocycles. The Balaban J connectivity index is 1.59. The number of nitrogens with zero attached hydrogens (tertiary/aromatic N) is 4. The molecule has 2 N–H and O–H groups in total. The van der Waals surface area contributed by atoms with Crippen LogP contribution in [-0.4, -0.2) is 59.1 Å². The second-order valence-corrected chi connectivity index (χ2v) is 11.1. The molecule has 202 valence electrons. The van der Waals surface area contributed by atoms with Crippen LogP contribution in [0.3, 0.4) is 0 Å². The molecule has 4 aromatic rings. The van der Waals surface area contributed by atoms with Crippen LogP contribution in [0.2, 0.25) is 0 Å². The number of aromatic hydroxyl groups is 1. The Hall–Kier alpha value is -3.05. The molecular weight excluding hydrogens is 748 g/mol. The van der Waals surface area contributed by atoms with E-state index >= 15 is 0 Å². The monoisotopic (exact) mass is 771 g/mol. The first-order valence-electron chi connectivity index (χ1n) is 11.3. The molecule has 0 aliphatic heterocycles. The molecule has 3 aromatic carbocycles. The van der Waals surface area contributed by atoms with E-state index in [0.29, 0.717) is 42.9 Å². The lowest BCUT2D eigenvalue weighted by molar-refractivity contribution is -0.118. The van der Waals surface area contributed by atoms with Crippen LogP contribution in [0, 0.1) is 7.14 Å². The predicted molar refractivity (Wildman–Crippen MR) is 166 cm³/mol. The average molecular weight is 771 g/mol. The van der Waals surface area contributed by atoms with Crippen molar-refractivity contribution >= 4 is 69.1 Å². The summed E-state index contributed by atoms with van der Waals surface area (Å²) >= 11 is 5.41. The predicted octanol–water partition coefficient (Wildman–Crippen LogP) is 5.12. The van der Waals surface area contributed by atoms with E-state index in [1.165, 1.54) is 18.0 Å². The zero-order chi connectivity index (χ0) is 27.9. The van der Waals surface area contributed by atoms with Crippen molar-refractivity contribution < 1.29 is 24.1 Å². The average Bonchev–Trinajstić information content (AvgIpc) is 3.38. The topological polar surface area (TPSA) is 120 Å². The number of carbonyl (C=O) groups is 1. The number of halogens is 2. The lowest BCUT2D eigenvalue weighted by Gasteiger charge is -2.15. The minimum Gasteiger partial charge on any atom is -0.506 e. The van der Waals surface area contributed by atoms with E-state index in [1.807, 2.05) is 63.6 Å². The van der Waals surface area contributed by atoms with Crippen molar-refractivity contribution in [2.75, 3.05) is 27.1 Å². The van der Waals surface area contributed by atoms with Gasteiger partial charge >= 0.3 is 0 Å². The number of hydrogen-bond donors (Lipinski definition) is 2. The molecule has 0 saturated heterocycles. The van der Waals surface area contributed by atoms with Gasteiger partial charge in [-0.2, -0.15) is 5.10 Å². The number of ether oxygens (including phenoxy) is 3. The summed E-state index contributed by atoms with van der Waals surface area (Å²) in [7, 11) is 4.64. The van der Waals surface area contributed by atoms with Gasteiger partial charge in [-0.05, 0) is 81.6 Å². The van der Waals surface area contributed by atoms with Gasteiger partial charge in [0.15, 0.2) is 22.5 Å². The summed E-state index contributed by atoms with van der Waals surface area (Å²) in [5.41, 5.74) is 4.51. The molecule has 0 radical (unpaired) electrons. The van der Waals surface area contributed by atoms with Crippen molar-refractivity contribution in [1.82, 2.24) is 20.2 Å². The van der Waals surface area contributed by atoms with E-state index < -0.39 is 0 Å². The third-order valence-electron chi connectivity index (χ3n) is 5.35.